The molecule has 1 heterocycles. The van der Waals surface area contributed by atoms with Gasteiger partial charge >= 0.3 is 18.3 Å². The molecule has 0 saturated carbocycles. The molecule has 0 aliphatic heterocycles. The van der Waals surface area contributed by atoms with Gasteiger partial charge in [0.2, 0.25) is 0 Å². The van der Waals surface area contributed by atoms with Crippen LogP contribution in [0.5, 0.6) is 0 Å². The molecule has 0 aromatic carbocycles. The second kappa shape index (κ2) is 4.97. The van der Waals surface area contributed by atoms with Gasteiger partial charge in [0.1, 0.15) is 0 Å². The van der Waals surface area contributed by atoms with Gasteiger partial charge in [-0.3, -0.25) is 0 Å². The summed E-state index contributed by atoms with van der Waals surface area (Å²) in [4.78, 5) is 13.6. The smallest absolute Gasteiger partial charge is 0.437 e. The SMILES string of the molecule is CCOC(=O)c1nnc(C(F)(F)F)c(C(F)(F)F)n1. The molecule has 0 saturated heterocycles. The predicted molar refractivity (Wildman–Crippen MR) is 45.8 cm³/mol. The van der Waals surface area contributed by atoms with Crippen molar-refractivity contribution in [3.63, 3.8) is 0 Å². The van der Waals surface area contributed by atoms with E-state index in [9.17, 15) is 31.1 Å². The van der Waals surface area contributed by atoms with Crippen LogP contribution in [0.25, 0.3) is 0 Å². The van der Waals surface area contributed by atoms with E-state index in [1.54, 1.807) is 0 Å². The molecule has 0 fully saturated rings. The van der Waals surface area contributed by atoms with Crippen LogP contribution in [0.1, 0.15) is 28.9 Å². The Balaban J connectivity index is 3.36. The van der Waals surface area contributed by atoms with E-state index in [-0.39, 0.29) is 6.61 Å². The highest BCUT2D eigenvalue weighted by atomic mass is 19.4. The molecular formula is C8H5F6N3O2. The van der Waals surface area contributed by atoms with E-state index in [1.165, 1.54) is 6.92 Å². The molecule has 1 aromatic heterocycles. The number of carbonyl (C=O) groups is 1. The first-order valence-electron chi connectivity index (χ1n) is 4.63. The first-order chi connectivity index (χ1) is 8.57. The average molecular weight is 289 g/mol. The van der Waals surface area contributed by atoms with Crippen LogP contribution >= 0.6 is 0 Å². The van der Waals surface area contributed by atoms with Gasteiger partial charge in [0.25, 0.3) is 5.82 Å². The summed E-state index contributed by atoms with van der Waals surface area (Å²) in [5.41, 5.74) is -4.65. The molecule has 1 rings (SSSR count). The summed E-state index contributed by atoms with van der Waals surface area (Å²) in [7, 11) is 0. The lowest BCUT2D eigenvalue weighted by atomic mass is 10.3. The Morgan fingerprint density at radius 3 is 2.00 bits per heavy atom. The molecule has 0 unspecified atom stereocenters. The van der Waals surface area contributed by atoms with Gasteiger partial charge in [-0.2, -0.15) is 26.3 Å². The summed E-state index contributed by atoms with van der Waals surface area (Å²) in [6.45, 7) is 1.14. The highest BCUT2D eigenvalue weighted by Gasteiger charge is 2.47. The summed E-state index contributed by atoms with van der Waals surface area (Å²) in [5, 5.41) is 5.04. The molecule has 0 N–H and O–H groups in total. The van der Waals surface area contributed by atoms with E-state index in [4.69, 9.17) is 0 Å². The molecule has 0 radical (unpaired) electrons. The number of ether oxygens (including phenoxy) is 1. The van der Waals surface area contributed by atoms with Crippen molar-refractivity contribution in [3.8, 4) is 0 Å². The maximum atomic E-state index is 12.4. The molecule has 0 bridgehead atoms. The lowest BCUT2D eigenvalue weighted by Gasteiger charge is -2.12. The van der Waals surface area contributed by atoms with E-state index in [0.29, 0.717) is 0 Å². The Bertz CT molecular complexity index is 484. The highest BCUT2D eigenvalue weighted by molar-refractivity contribution is 5.84. The van der Waals surface area contributed by atoms with Gasteiger partial charge in [-0.25, -0.2) is 9.78 Å². The molecule has 19 heavy (non-hydrogen) atoms. The fourth-order valence-corrected chi connectivity index (χ4v) is 0.997. The number of aromatic nitrogens is 3. The molecule has 5 nitrogen and oxygen atoms in total. The summed E-state index contributed by atoms with van der Waals surface area (Å²) in [6.07, 6.45) is -10.8. The number of carbonyl (C=O) groups excluding carboxylic acids is 1. The Kier molecular flexibility index (Phi) is 3.96. The van der Waals surface area contributed by atoms with Crippen LogP contribution in [-0.4, -0.2) is 27.8 Å². The number of alkyl halides is 6. The van der Waals surface area contributed by atoms with Crippen molar-refractivity contribution < 1.29 is 35.9 Å². The largest absolute Gasteiger partial charge is 0.460 e. The number of hydrogen-bond donors (Lipinski definition) is 0. The Morgan fingerprint density at radius 1 is 1.05 bits per heavy atom. The van der Waals surface area contributed by atoms with Crippen LogP contribution in [-0.2, 0) is 17.1 Å². The van der Waals surface area contributed by atoms with Gasteiger partial charge in [-0.15, -0.1) is 10.2 Å². The minimum Gasteiger partial charge on any atom is -0.460 e. The Morgan fingerprint density at radius 2 is 1.58 bits per heavy atom. The molecule has 0 aliphatic carbocycles. The third-order valence-corrected chi connectivity index (χ3v) is 1.68. The van der Waals surface area contributed by atoms with E-state index in [1.807, 2.05) is 0 Å². The van der Waals surface area contributed by atoms with Crippen LogP contribution in [0.15, 0.2) is 0 Å². The second-order valence-corrected chi connectivity index (χ2v) is 3.05. The third-order valence-electron chi connectivity index (χ3n) is 1.68. The quantitative estimate of drug-likeness (QED) is 0.616. The molecule has 0 atom stereocenters. The average Bonchev–Trinajstić information content (AvgIpc) is 2.26. The molecule has 106 valence electrons. The Hall–Kier alpha value is -1.94. The maximum Gasteiger partial charge on any atom is 0.437 e. The topological polar surface area (TPSA) is 65.0 Å². The number of nitrogens with zero attached hydrogens (tertiary/aromatic N) is 3. The second-order valence-electron chi connectivity index (χ2n) is 3.05. The van der Waals surface area contributed by atoms with Gasteiger partial charge in [-0.05, 0) is 6.92 Å². The molecule has 1 aromatic rings. The highest BCUT2D eigenvalue weighted by Crippen LogP contribution is 2.37. The summed E-state index contributed by atoms with van der Waals surface area (Å²) < 4.78 is 78.4. The fourth-order valence-electron chi connectivity index (χ4n) is 0.997. The molecule has 11 heteroatoms. The minimum absolute atomic E-state index is 0.204. The van der Waals surface area contributed by atoms with Gasteiger partial charge in [0, 0.05) is 0 Å². The summed E-state index contributed by atoms with van der Waals surface area (Å²) in [6, 6.07) is 0. The lowest BCUT2D eigenvalue weighted by Crippen LogP contribution is -2.24. The zero-order valence-corrected chi connectivity index (χ0v) is 9.13. The molecule has 0 amide bonds. The third kappa shape index (κ3) is 3.51. The molecular weight excluding hydrogens is 284 g/mol. The van der Waals surface area contributed by atoms with Crippen LogP contribution in [0.3, 0.4) is 0 Å². The first kappa shape index (κ1) is 15.1. The standard InChI is InChI=1S/C8H5F6N3O2/c1-2-19-6(18)5-15-3(7(9,10)11)4(16-17-5)8(12,13)14/h2H2,1H3. The fraction of sp³-hybridized carbons (Fsp3) is 0.500. The van der Waals surface area contributed by atoms with Crippen molar-refractivity contribution in [3.05, 3.63) is 17.2 Å². The summed E-state index contributed by atoms with van der Waals surface area (Å²) >= 11 is 0. The van der Waals surface area contributed by atoms with Crippen LogP contribution < -0.4 is 0 Å². The zero-order chi connectivity index (χ0) is 14.8. The van der Waals surface area contributed by atoms with Crippen molar-refractivity contribution >= 4 is 5.97 Å². The van der Waals surface area contributed by atoms with Gasteiger partial charge in [0.15, 0.2) is 11.4 Å². The number of esters is 1. The predicted octanol–water partition coefficient (Wildman–Crippen LogP) is 2.09. The van der Waals surface area contributed by atoms with Crippen LogP contribution in [0.4, 0.5) is 26.3 Å². The van der Waals surface area contributed by atoms with Gasteiger partial charge < -0.3 is 4.74 Å². The van der Waals surface area contributed by atoms with Gasteiger partial charge in [-0.1, -0.05) is 0 Å². The van der Waals surface area contributed by atoms with Crippen molar-refractivity contribution in [1.82, 2.24) is 15.2 Å². The zero-order valence-electron chi connectivity index (χ0n) is 9.13. The normalized spacial score (nSPS) is 12.4. The lowest BCUT2D eigenvalue weighted by molar-refractivity contribution is -0.168. The Labute approximate surface area is 101 Å². The van der Waals surface area contributed by atoms with Crippen molar-refractivity contribution in [2.45, 2.75) is 19.3 Å². The van der Waals surface area contributed by atoms with Gasteiger partial charge in [0.05, 0.1) is 6.61 Å². The van der Waals surface area contributed by atoms with E-state index in [2.05, 4.69) is 19.9 Å². The maximum absolute atomic E-state index is 12.4. The molecule has 0 spiro atoms. The van der Waals surface area contributed by atoms with Crippen molar-refractivity contribution in [2.75, 3.05) is 6.61 Å². The van der Waals surface area contributed by atoms with Crippen molar-refractivity contribution in [2.24, 2.45) is 0 Å². The monoisotopic (exact) mass is 289 g/mol. The van der Waals surface area contributed by atoms with Crippen molar-refractivity contribution in [1.29, 1.82) is 0 Å². The molecule has 0 aliphatic rings. The van der Waals surface area contributed by atoms with Crippen LogP contribution in [0, 0.1) is 0 Å². The number of hydrogen-bond acceptors (Lipinski definition) is 5. The number of rotatable bonds is 2. The van der Waals surface area contributed by atoms with E-state index >= 15 is 0 Å². The van der Waals surface area contributed by atoms with E-state index in [0.717, 1.165) is 0 Å². The first-order valence-corrected chi connectivity index (χ1v) is 4.63. The number of halogens is 6. The van der Waals surface area contributed by atoms with Crippen LogP contribution in [0.2, 0.25) is 0 Å². The van der Waals surface area contributed by atoms with E-state index < -0.39 is 35.5 Å². The summed E-state index contributed by atoms with van der Waals surface area (Å²) in [5.74, 6) is -2.59. The minimum atomic E-state index is -5.43.